The van der Waals surface area contributed by atoms with Crippen LogP contribution in [-0.4, -0.2) is 29.2 Å². The van der Waals surface area contributed by atoms with Crippen LogP contribution >= 0.6 is 0 Å². The van der Waals surface area contributed by atoms with Gasteiger partial charge in [-0.2, -0.15) is 10.1 Å². The van der Waals surface area contributed by atoms with Crippen LogP contribution < -0.4 is 11.5 Å². The molecule has 0 amide bonds. The fraction of sp³-hybridized carbons (Fsp3) is 0.250. The highest BCUT2D eigenvalue weighted by atomic mass is 15.3. The van der Waals surface area contributed by atoms with Gasteiger partial charge in [0, 0.05) is 24.2 Å². The Morgan fingerprint density at radius 1 is 0.875 bits per heavy atom. The van der Waals surface area contributed by atoms with Crippen LogP contribution in [0, 0.1) is 0 Å². The van der Waals surface area contributed by atoms with Gasteiger partial charge < -0.3 is 11.5 Å². The molecule has 8 nitrogen and oxygen atoms in total. The molecule has 0 spiro atoms. The molecule has 1 fully saturated rings. The molecule has 0 saturated heterocycles. The third-order valence-electron chi connectivity index (χ3n) is 4.09. The first kappa shape index (κ1) is 14.4. The SMILES string of the molecule is C1CCC1.Nc1nc(N)c2c(-c3ccc4nccn4n3)ccn2n1. The molecule has 0 radical (unpaired) electrons. The molecule has 122 valence electrons. The monoisotopic (exact) mass is 322 g/mol. The lowest BCUT2D eigenvalue weighted by atomic mass is 10.0. The van der Waals surface area contributed by atoms with E-state index in [9.17, 15) is 0 Å². The van der Waals surface area contributed by atoms with Crippen LogP contribution in [0.2, 0.25) is 0 Å². The lowest BCUT2D eigenvalue weighted by Crippen LogP contribution is -2.05. The Bertz CT molecular complexity index is 992. The van der Waals surface area contributed by atoms with E-state index in [1.54, 1.807) is 27.6 Å². The van der Waals surface area contributed by atoms with Crippen LogP contribution in [0.25, 0.3) is 22.4 Å². The Labute approximate surface area is 138 Å². The van der Waals surface area contributed by atoms with Gasteiger partial charge in [0.2, 0.25) is 5.95 Å². The van der Waals surface area contributed by atoms with Crippen molar-refractivity contribution in [2.75, 3.05) is 11.5 Å². The first-order valence-corrected chi connectivity index (χ1v) is 7.93. The summed E-state index contributed by atoms with van der Waals surface area (Å²) in [7, 11) is 0. The normalized spacial score (nSPS) is 13.5. The van der Waals surface area contributed by atoms with Crippen LogP contribution in [0.15, 0.2) is 36.8 Å². The summed E-state index contributed by atoms with van der Waals surface area (Å²) in [4.78, 5) is 8.15. The maximum Gasteiger partial charge on any atom is 0.240 e. The highest BCUT2D eigenvalue weighted by Crippen LogP contribution is 2.27. The molecule has 1 aliphatic carbocycles. The molecule has 4 aromatic heterocycles. The van der Waals surface area contributed by atoms with E-state index in [1.807, 2.05) is 18.2 Å². The second kappa shape index (κ2) is 5.80. The van der Waals surface area contributed by atoms with Crippen molar-refractivity contribution >= 4 is 22.9 Å². The lowest BCUT2D eigenvalue weighted by Gasteiger charge is -2.05. The number of aromatic nitrogens is 6. The Hall–Kier alpha value is -3.16. The van der Waals surface area contributed by atoms with Crippen molar-refractivity contribution in [2.24, 2.45) is 0 Å². The molecule has 5 rings (SSSR count). The third kappa shape index (κ3) is 2.51. The molecular weight excluding hydrogens is 304 g/mol. The summed E-state index contributed by atoms with van der Waals surface area (Å²) in [6.45, 7) is 0. The molecule has 1 saturated carbocycles. The first-order chi connectivity index (χ1) is 11.7. The number of hydrogen-bond donors (Lipinski definition) is 2. The van der Waals surface area contributed by atoms with E-state index in [0.717, 1.165) is 16.9 Å². The second-order valence-corrected chi connectivity index (χ2v) is 5.74. The Morgan fingerprint density at radius 2 is 1.67 bits per heavy atom. The highest BCUT2D eigenvalue weighted by molar-refractivity contribution is 5.86. The van der Waals surface area contributed by atoms with Gasteiger partial charge in [0.1, 0.15) is 5.52 Å². The molecule has 0 aromatic carbocycles. The summed E-state index contributed by atoms with van der Waals surface area (Å²) in [6, 6.07) is 5.65. The molecule has 0 bridgehead atoms. The zero-order chi connectivity index (χ0) is 16.5. The molecule has 4 N–H and O–H groups in total. The summed E-state index contributed by atoms with van der Waals surface area (Å²) >= 11 is 0. The maximum atomic E-state index is 5.93. The number of hydrogen-bond acceptors (Lipinski definition) is 6. The van der Waals surface area contributed by atoms with E-state index in [-0.39, 0.29) is 5.95 Å². The summed E-state index contributed by atoms with van der Waals surface area (Å²) in [6.07, 6.45) is 11.3. The van der Waals surface area contributed by atoms with Gasteiger partial charge in [0.25, 0.3) is 0 Å². The number of nitrogens with zero attached hydrogens (tertiary/aromatic N) is 6. The van der Waals surface area contributed by atoms with Crippen molar-refractivity contribution in [3.8, 4) is 11.3 Å². The summed E-state index contributed by atoms with van der Waals surface area (Å²) in [5.74, 6) is 0.459. The number of rotatable bonds is 1. The predicted octanol–water partition coefficient (Wildman–Crippen LogP) is 2.16. The van der Waals surface area contributed by atoms with E-state index >= 15 is 0 Å². The minimum Gasteiger partial charge on any atom is -0.382 e. The van der Waals surface area contributed by atoms with Crippen LogP contribution in [-0.2, 0) is 0 Å². The largest absolute Gasteiger partial charge is 0.382 e. The zero-order valence-corrected chi connectivity index (χ0v) is 13.1. The molecular formula is C16H18N8. The quantitative estimate of drug-likeness (QED) is 0.555. The Kier molecular flexibility index (Phi) is 3.49. The van der Waals surface area contributed by atoms with Crippen molar-refractivity contribution in [1.29, 1.82) is 0 Å². The van der Waals surface area contributed by atoms with E-state index in [0.29, 0.717) is 11.3 Å². The molecule has 0 aliphatic heterocycles. The molecule has 0 atom stereocenters. The summed E-state index contributed by atoms with van der Waals surface area (Å²) < 4.78 is 3.31. The van der Waals surface area contributed by atoms with Gasteiger partial charge in [-0.3, -0.25) is 0 Å². The fourth-order valence-corrected chi connectivity index (χ4v) is 2.49. The molecule has 4 aromatic rings. The van der Waals surface area contributed by atoms with Gasteiger partial charge in [-0.25, -0.2) is 14.0 Å². The first-order valence-electron chi connectivity index (χ1n) is 7.93. The zero-order valence-electron chi connectivity index (χ0n) is 13.1. The molecule has 4 heterocycles. The van der Waals surface area contributed by atoms with Crippen molar-refractivity contribution in [3.05, 3.63) is 36.8 Å². The van der Waals surface area contributed by atoms with E-state index < -0.39 is 0 Å². The highest BCUT2D eigenvalue weighted by Gasteiger charge is 2.13. The van der Waals surface area contributed by atoms with Crippen molar-refractivity contribution in [1.82, 2.24) is 29.2 Å². The molecule has 1 aliphatic rings. The Balaban J connectivity index is 0.000000321. The van der Waals surface area contributed by atoms with E-state index in [4.69, 9.17) is 11.5 Å². The number of imidazole rings is 1. The van der Waals surface area contributed by atoms with Crippen molar-refractivity contribution < 1.29 is 0 Å². The number of anilines is 2. The van der Waals surface area contributed by atoms with Crippen LogP contribution in [0.4, 0.5) is 11.8 Å². The standard InChI is InChI=1S/C12H10N8.C4H8/c13-11-10-7(3-5-20(10)18-12(14)16-11)8-1-2-9-15-4-6-19(9)17-8;1-2-4-3-1/h1-6H,(H4,13,14,16,18);1-4H2. The predicted molar refractivity (Wildman–Crippen MR) is 92.3 cm³/mol. The van der Waals surface area contributed by atoms with Gasteiger partial charge in [-0.1, -0.05) is 25.7 Å². The molecule has 0 unspecified atom stereocenters. The minimum atomic E-state index is 0.134. The molecule has 24 heavy (non-hydrogen) atoms. The van der Waals surface area contributed by atoms with Crippen LogP contribution in [0.3, 0.4) is 0 Å². The minimum absolute atomic E-state index is 0.134. The third-order valence-corrected chi connectivity index (χ3v) is 4.09. The number of fused-ring (bicyclic) bond motifs is 2. The van der Waals surface area contributed by atoms with Gasteiger partial charge in [-0.05, 0) is 18.2 Å². The lowest BCUT2D eigenvalue weighted by molar-refractivity contribution is 0.504. The average molecular weight is 322 g/mol. The van der Waals surface area contributed by atoms with Crippen molar-refractivity contribution in [3.63, 3.8) is 0 Å². The van der Waals surface area contributed by atoms with E-state index in [1.165, 1.54) is 25.7 Å². The van der Waals surface area contributed by atoms with Crippen molar-refractivity contribution in [2.45, 2.75) is 25.7 Å². The van der Waals surface area contributed by atoms with Gasteiger partial charge in [0.15, 0.2) is 11.5 Å². The van der Waals surface area contributed by atoms with Gasteiger partial charge in [0.05, 0.1) is 5.69 Å². The van der Waals surface area contributed by atoms with Crippen LogP contribution in [0.1, 0.15) is 25.7 Å². The van der Waals surface area contributed by atoms with E-state index in [2.05, 4.69) is 20.2 Å². The number of nitrogens with two attached hydrogens (primary N) is 2. The van der Waals surface area contributed by atoms with Crippen LogP contribution in [0.5, 0.6) is 0 Å². The molecule has 8 heteroatoms. The average Bonchev–Trinajstić information content (AvgIpc) is 3.10. The maximum absolute atomic E-state index is 5.93. The van der Waals surface area contributed by atoms with Gasteiger partial charge >= 0.3 is 0 Å². The summed E-state index contributed by atoms with van der Waals surface area (Å²) in [5, 5.41) is 8.58. The smallest absolute Gasteiger partial charge is 0.240 e. The Morgan fingerprint density at radius 3 is 2.42 bits per heavy atom. The number of nitrogen functional groups attached to an aromatic ring is 2. The second-order valence-electron chi connectivity index (χ2n) is 5.74. The fourth-order valence-electron chi connectivity index (χ4n) is 2.49. The topological polar surface area (TPSA) is 112 Å². The summed E-state index contributed by atoms with van der Waals surface area (Å²) in [5.41, 5.74) is 14.6. The van der Waals surface area contributed by atoms with Gasteiger partial charge in [-0.15, -0.1) is 5.10 Å².